The monoisotopic (exact) mass is 326 g/mol. The largest absolute Gasteiger partial charge is 0.478 e. The van der Waals surface area contributed by atoms with Gasteiger partial charge < -0.3 is 9.84 Å². The third-order valence-corrected chi connectivity index (χ3v) is 4.76. The molecule has 132 valence electrons. The number of carboxylic acids is 1. The summed E-state index contributed by atoms with van der Waals surface area (Å²) in [5.41, 5.74) is -1.63. The Morgan fingerprint density at radius 2 is 1.70 bits per heavy atom. The number of ketones is 1. The number of carbonyl (C=O) groups excluding carboxylic acids is 2. The first-order valence-corrected chi connectivity index (χ1v) is 8.89. The summed E-state index contributed by atoms with van der Waals surface area (Å²) in [6.07, 6.45) is 9.74. The normalized spacial score (nSPS) is 21.9. The number of hydrogen-bond acceptors (Lipinski definition) is 4. The number of cyclic esters (lactones) is 1. The molecule has 0 aromatic carbocycles. The molecule has 1 aliphatic rings. The van der Waals surface area contributed by atoms with Crippen LogP contribution in [0.15, 0.2) is 0 Å². The summed E-state index contributed by atoms with van der Waals surface area (Å²) in [6, 6.07) is 0. The van der Waals surface area contributed by atoms with E-state index >= 15 is 0 Å². The molecule has 1 aliphatic heterocycles. The number of esters is 1. The Bertz CT molecular complexity index is 418. The van der Waals surface area contributed by atoms with Crippen molar-refractivity contribution in [2.45, 2.75) is 90.1 Å². The summed E-state index contributed by atoms with van der Waals surface area (Å²) in [4.78, 5) is 34.9. The van der Waals surface area contributed by atoms with Gasteiger partial charge in [0, 0.05) is 12.8 Å². The first kappa shape index (κ1) is 19.7. The molecule has 23 heavy (non-hydrogen) atoms. The van der Waals surface area contributed by atoms with Crippen LogP contribution in [0.2, 0.25) is 0 Å². The number of carbonyl (C=O) groups is 3. The van der Waals surface area contributed by atoms with Crippen LogP contribution in [0.4, 0.5) is 0 Å². The van der Waals surface area contributed by atoms with Crippen molar-refractivity contribution in [3.63, 3.8) is 0 Å². The number of hydrogen-bond donors (Lipinski definition) is 1. The van der Waals surface area contributed by atoms with Gasteiger partial charge in [0.1, 0.15) is 5.78 Å². The van der Waals surface area contributed by atoms with Gasteiger partial charge >= 0.3 is 11.9 Å². The number of aliphatic carboxylic acids is 1. The van der Waals surface area contributed by atoms with Crippen molar-refractivity contribution < 1.29 is 24.2 Å². The van der Waals surface area contributed by atoms with Crippen molar-refractivity contribution in [1.82, 2.24) is 0 Å². The molecule has 1 saturated heterocycles. The van der Waals surface area contributed by atoms with Gasteiger partial charge in [0.05, 0.1) is 5.92 Å². The molecule has 0 spiro atoms. The van der Waals surface area contributed by atoms with E-state index in [9.17, 15) is 19.5 Å². The van der Waals surface area contributed by atoms with Crippen LogP contribution >= 0.6 is 0 Å². The number of Topliss-reactive ketones (excluding diaryl/α,β-unsaturated/α-hetero) is 1. The highest BCUT2D eigenvalue weighted by Crippen LogP contribution is 2.37. The van der Waals surface area contributed by atoms with Crippen LogP contribution in [0, 0.1) is 5.92 Å². The first-order chi connectivity index (χ1) is 10.9. The number of ether oxygens (including phenoxy) is 1. The van der Waals surface area contributed by atoms with Crippen LogP contribution in [0.5, 0.6) is 0 Å². The quantitative estimate of drug-likeness (QED) is 0.435. The number of carboxylic acid groups (broad SMARTS) is 1. The van der Waals surface area contributed by atoms with Crippen LogP contribution in [-0.2, 0) is 19.1 Å². The van der Waals surface area contributed by atoms with Crippen molar-refractivity contribution in [3.8, 4) is 0 Å². The zero-order valence-electron chi connectivity index (χ0n) is 14.4. The third-order valence-electron chi connectivity index (χ3n) is 4.76. The highest BCUT2D eigenvalue weighted by atomic mass is 16.6. The van der Waals surface area contributed by atoms with Crippen LogP contribution in [0.1, 0.15) is 84.5 Å². The van der Waals surface area contributed by atoms with Crippen molar-refractivity contribution >= 4 is 17.7 Å². The maximum atomic E-state index is 11.9. The predicted octanol–water partition coefficient (Wildman–Crippen LogP) is 3.88. The molecule has 0 saturated carbocycles. The van der Waals surface area contributed by atoms with E-state index in [1.165, 1.54) is 39.0 Å². The fourth-order valence-corrected chi connectivity index (χ4v) is 3.39. The van der Waals surface area contributed by atoms with Gasteiger partial charge in [-0.05, 0) is 13.3 Å². The summed E-state index contributed by atoms with van der Waals surface area (Å²) in [5.74, 6) is -2.64. The van der Waals surface area contributed by atoms with Crippen molar-refractivity contribution in [1.29, 1.82) is 0 Å². The second kappa shape index (κ2) is 9.68. The second-order valence-corrected chi connectivity index (χ2v) is 6.60. The lowest BCUT2D eigenvalue weighted by molar-refractivity contribution is -0.177. The predicted molar refractivity (Wildman–Crippen MR) is 87.1 cm³/mol. The fourth-order valence-electron chi connectivity index (χ4n) is 3.39. The molecule has 0 aliphatic carbocycles. The summed E-state index contributed by atoms with van der Waals surface area (Å²) in [7, 11) is 0. The molecule has 0 bridgehead atoms. The highest BCUT2D eigenvalue weighted by molar-refractivity contribution is 5.93. The summed E-state index contributed by atoms with van der Waals surface area (Å²) < 4.78 is 5.10. The molecule has 1 rings (SSSR count). The molecule has 5 nitrogen and oxygen atoms in total. The highest BCUT2D eigenvalue weighted by Gasteiger charge is 2.54. The van der Waals surface area contributed by atoms with Gasteiger partial charge in [-0.15, -0.1) is 0 Å². The van der Waals surface area contributed by atoms with E-state index < -0.39 is 23.5 Å². The summed E-state index contributed by atoms with van der Waals surface area (Å²) in [6.45, 7) is 3.59. The van der Waals surface area contributed by atoms with Gasteiger partial charge in [0.2, 0.25) is 5.60 Å². The minimum Gasteiger partial charge on any atom is -0.478 e. The van der Waals surface area contributed by atoms with Crippen LogP contribution in [0.3, 0.4) is 0 Å². The Hall–Kier alpha value is -1.39. The third kappa shape index (κ3) is 5.63. The minimum absolute atomic E-state index is 0.0769. The van der Waals surface area contributed by atoms with Crippen molar-refractivity contribution in [3.05, 3.63) is 0 Å². The molecular weight excluding hydrogens is 296 g/mol. The Morgan fingerprint density at radius 3 is 2.13 bits per heavy atom. The second-order valence-electron chi connectivity index (χ2n) is 6.60. The maximum Gasteiger partial charge on any atom is 0.348 e. The van der Waals surface area contributed by atoms with Crippen LogP contribution in [0.25, 0.3) is 0 Å². The molecule has 2 atom stereocenters. The molecule has 0 amide bonds. The summed E-state index contributed by atoms with van der Waals surface area (Å²) in [5, 5.41) is 9.49. The zero-order chi connectivity index (χ0) is 17.3. The first-order valence-electron chi connectivity index (χ1n) is 8.89. The Kier molecular flexibility index (Phi) is 8.28. The van der Waals surface area contributed by atoms with Crippen LogP contribution < -0.4 is 0 Å². The van der Waals surface area contributed by atoms with Crippen LogP contribution in [-0.4, -0.2) is 28.4 Å². The van der Waals surface area contributed by atoms with Gasteiger partial charge in [-0.2, -0.15) is 0 Å². The van der Waals surface area contributed by atoms with E-state index in [1.807, 2.05) is 0 Å². The lowest BCUT2D eigenvalue weighted by Gasteiger charge is -2.30. The molecule has 1 N–H and O–H groups in total. The standard InChI is InChI=1S/C18H30O5/c1-3-4-5-6-7-8-9-10-11-15(14(2)19)18(17(21)22)13-12-16(20)23-18/h15H,3-13H2,1-2H3,(H,21,22). The summed E-state index contributed by atoms with van der Waals surface area (Å²) >= 11 is 0. The fraction of sp³-hybridized carbons (Fsp3) is 0.833. The van der Waals surface area contributed by atoms with E-state index in [0.29, 0.717) is 6.42 Å². The average Bonchev–Trinajstić information content (AvgIpc) is 2.88. The van der Waals surface area contributed by atoms with E-state index in [1.54, 1.807) is 0 Å². The SMILES string of the molecule is CCCCCCCCCCC(C(C)=O)C1(C(=O)O)CCC(=O)O1. The minimum atomic E-state index is -1.63. The van der Waals surface area contributed by atoms with Gasteiger partial charge in [-0.1, -0.05) is 58.3 Å². The van der Waals surface area contributed by atoms with E-state index in [0.717, 1.165) is 19.3 Å². The lowest BCUT2D eigenvalue weighted by atomic mass is 9.79. The lowest BCUT2D eigenvalue weighted by Crippen LogP contribution is -2.48. The molecule has 1 heterocycles. The van der Waals surface area contributed by atoms with Gasteiger partial charge in [0.15, 0.2) is 0 Å². The van der Waals surface area contributed by atoms with Crippen molar-refractivity contribution in [2.24, 2.45) is 5.92 Å². The zero-order valence-corrected chi connectivity index (χ0v) is 14.4. The molecular formula is C18H30O5. The van der Waals surface area contributed by atoms with E-state index in [-0.39, 0.29) is 18.6 Å². The topological polar surface area (TPSA) is 80.7 Å². The number of rotatable bonds is 12. The Labute approximate surface area is 138 Å². The smallest absolute Gasteiger partial charge is 0.348 e. The Balaban J connectivity index is 2.44. The molecule has 0 aromatic heterocycles. The maximum absolute atomic E-state index is 11.9. The average molecular weight is 326 g/mol. The molecule has 2 unspecified atom stereocenters. The van der Waals surface area contributed by atoms with E-state index in [2.05, 4.69) is 6.92 Å². The molecule has 1 fully saturated rings. The Morgan fingerprint density at radius 1 is 1.13 bits per heavy atom. The van der Waals surface area contributed by atoms with Gasteiger partial charge in [-0.3, -0.25) is 9.59 Å². The van der Waals surface area contributed by atoms with Crippen molar-refractivity contribution in [2.75, 3.05) is 0 Å². The molecule has 5 heteroatoms. The molecule has 0 aromatic rings. The van der Waals surface area contributed by atoms with E-state index in [4.69, 9.17) is 4.74 Å². The molecule has 0 radical (unpaired) electrons. The van der Waals surface area contributed by atoms with Gasteiger partial charge in [0.25, 0.3) is 0 Å². The van der Waals surface area contributed by atoms with Gasteiger partial charge in [-0.25, -0.2) is 4.79 Å². The number of unbranched alkanes of at least 4 members (excludes halogenated alkanes) is 7.